The van der Waals surface area contributed by atoms with Crippen LogP contribution in [0.4, 0.5) is 68.2 Å². The minimum absolute atomic E-state index is 0.000174. The number of hydrogen-bond donors (Lipinski definition) is 0. The fraction of sp³-hybridized carbons (Fsp3) is 0. The van der Waals surface area contributed by atoms with Crippen LogP contribution in [0, 0.1) is 0 Å². The van der Waals surface area contributed by atoms with Crippen molar-refractivity contribution < 1.29 is 13.7 Å². The minimum atomic E-state index is -0.488. The van der Waals surface area contributed by atoms with Crippen molar-refractivity contribution in [2.24, 2.45) is 0 Å². The summed E-state index contributed by atoms with van der Waals surface area (Å²) in [6.45, 7) is 0. The Morgan fingerprint density at radius 2 is 0.316 bits per heavy atom. The molecule has 0 radical (unpaired) electrons. The third-order valence-electron chi connectivity index (χ3n) is 13.2. The lowest BCUT2D eigenvalue weighted by molar-refractivity contribution is 1.28. The zero-order valence-electron chi connectivity index (χ0n) is 51.2. The highest BCUT2D eigenvalue weighted by atomic mass is 15.2. The topological polar surface area (TPSA) is 13.0 Å². The molecule has 4 nitrogen and oxygen atoms in total. The van der Waals surface area contributed by atoms with Gasteiger partial charge in [-0.3, -0.25) is 0 Å². The van der Waals surface area contributed by atoms with Crippen molar-refractivity contribution >= 4 is 68.2 Å². The molecule has 0 atom stereocenters. The van der Waals surface area contributed by atoms with Gasteiger partial charge in [0, 0.05) is 68.2 Å². The van der Waals surface area contributed by atoms with Gasteiger partial charge in [-0.05, 0) is 179 Å². The first-order chi connectivity index (χ1) is 41.8. The van der Waals surface area contributed by atoms with Crippen LogP contribution >= 0.6 is 0 Å². The summed E-state index contributed by atoms with van der Waals surface area (Å²) < 4.78 is 87.6. The van der Waals surface area contributed by atoms with Crippen LogP contribution in [0.5, 0.6) is 0 Å². The van der Waals surface area contributed by atoms with Crippen molar-refractivity contribution in [2.45, 2.75) is 0 Å². The highest BCUT2D eigenvalue weighted by Crippen LogP contribution is 2.41. The molecular weight excluding hydrogens is 921 g/mol. The van der Waals surface area contributed by atoms with Gasteiger partial charge in [-0.15, -0.1) is 0 Å². The average molecular weight is 985 g/mol. The van der Waals surface area contributed by atoms with E-state index in [1.54, 1.807) is 9.80 Å². The maximum Gasteiger partial charge on any atom is 0.0645 e. The number of rotatable bonds is 15. The van der Waals surface area contributed by atoms with Gasteiger partial charge in [-0.1, -0.05) is 182 Å². The summed E-state index contributed by atoms with van der Waals surface area (Å²) in [5, 5.41) is 0. The summed E-state index contributed by atoms with van der Waals surface area (Å²) in [5.74, 6) is 0. The molecule has 12 rings (SSSR count). The van der Waals surface area contributed by atoms with Gasteiger partial charge in [0.05, 0.1) is 13.7 Å². The summed E-state index contributed by atoms with van der Waals surface area (Å²) in [5.41, 5.74) is 13.7. The highest BCUT2D eigenvalue weighted by molar-refractivity contribution is 5.84. The van der Waals surface area contributed by atoms with E-state index in [4.69, 9.17) is 13.7 Å². The number of nitrogens with zero attached hydrogens (tertiary/aromatic N) is 4. The molecule has 0 spiro atoms. The third kappa shape index (κ3) is 10.1. The molecule has 0 aliphatic rings. The Morgan fingerprint density at radius 1 is 0.158 bits per heavy atom. The second kappa shape index (κ2) is 21.9. The molecule has 0 unspecified atom stereocenters. The lowest BCUT2D eigenvalue weighted by Gasteiger charge is -2.26. The predicted octanol–water partition coefficient (Wildman–Crippen LogP) is 20.6. The molecule has 362 valence electrons. The van der Waals surface area contributed by atoms with E-state index in [2.05, 4.69) is 107 Å². The molecule has 4 heteroatoms. The van der Waals surface area contributed by atoms with E-state index >= 15 is 0 Å². The van der Waals surface area contributed by atoms with Crippen molar-refractivity contribution in [1.82, 2.24) is 0 Å². The number of para-hydroxylation sites is 6. The molecule has 0 saturated heterocycles. The van der Waals surface area contributed by atoms with E-state index in [9.17, 15) is 0 Å². The first-order valence-corrected chi connectivity index (χ1v) is 25.0. The van der Waals surface area contributed by atoms with Crippen LogP contribution in [0.15, 0.2) is 327 Å². The van der Waals surface area contributed by atoms with E-state index < -0.39 is 36.3 Å². The van der Waals surface area contributed by atoms with Gasteiger partial charge in [0.15, 0.2) is 0 Å². The molecule has 0 bridgehead atoms. The molecule has 0 heterocycles. The standard InChI is InChI=1S/C72H54N4/c1-7-19-61(20-8-1)73(62-21-9-2-10-22-62)67-43-31-55(32-44-67)57-35-47-69(48-36-57)75(65-27-15-5-16-28-65)71-51-39-59(40-52-71)60-41-53-72(54-42-60)76(66-29-17-6-18-30-66)70-49-37-58(38-50-70)56-33-45-68(46-34-56)74(63-23-11-3-12-24-63)64-25-13-4-14-26-64/h1-54H/i5D,6D,15D,16D,17D,18D,27D,28D,29D,30D. The molecule has 0 amide bonds. The van der Waals surface area contributed by atoms with E-state index in [1.165, 1.54) is 0 Å². The summed E-state index contributed by atoms with van der Waals surface area (Å²) in [7, 11) is 0. The van der Waals surface area contributed by atoms with Crippen molar-refractivity contribution in [1.29, 1.82) is 0 Å². The molecular formula is C72H54N4. The Morgan fingerprint density at radius 3 is 0.500 bits per heavy atom. The summed E-state index contributed by atoms with van der Waals surface area (Å²) in [6.07, 6.45) is 0. The van der Waals surface area contributed by atoms with Gasteiger partial charge in [0.25, 0.3) is 0 Å². The second-order valence-electron chi connectivity index (χ2n) is 17.9. The maximum absolute atomic E-state index is 9.08. The van der Waals surface area contributed by atoms with Crippen molar-refractivity contribution in [3.05, 3.63) is 327 Å². The normalized spacial score (nSPS) is 12.7. The number of anilines is 12. The Kier molecular flexibility index (Phi) is 10.6. The molecule has 12 aromatic rings. The van der Waals surface area contributed by atoms with Crippen LogP contribution in [0.25, 0.3) is 33.4 Å². The lowest BCUT2D eigenvalue weighted by Crippen LogP contribution is -2.10. The first kappa shape index (κ1) is 36.7. The zero-order chi connectivity index (χ0) is 59.6. The van der Waals surface area contributed by atoms with Crippen LogP contribution in [-0.2, 0) is 0 Å². The van der Waals surface area contributed by atoms with E-state index in [0.29, 0.717) is 22.7 Å². The van der Waals surface area contributed by atoms with E-state index in [-0.39, 0.29) is 35.5 Å². The molecule has 0 fully saturated rings. The van der Waals surface area contributed by atoms with Crippen LogP contribution in [0.3, 0.4) is 0 Å². The lowest BCUT2D eigenvalue weighted by atomic mass is 10.0. The van der Waals surface area contributed by atoms with Gasteiger partial charge in [-0.2, -0.15) is 0 Å². The van der Waals surface area contributed by atoms with Crippen molar-refractivity contribution in [3.63, 3.8) is 0 Å². The molecule has 0 N–H and O–H groups in total. The fourth-order valence-corrected chi connectivity index (χ4v) is 9.55. The largest absolute Gasteiger partial charge is 0.311 e. The summed E-state index contributed by atoms with van der Waals surface area (Å²) in [4.78, 5) is 7.76. The molecule has 76 heavy (non-hydrogen) atoms. The summed E-state index contributed by atoms with van der Waals surface area (Å²) >= 11 is 0. The van der Waals surface area contributed by atoms with Crippen molar-refractivity contribution in [2.75, 3.05) is 19.6 Å². The van der Waals surface area contributed by atoms with Crippen LogP contribution in [-0.4, -0.2) is 0 Å². The molecule has 0 aliphatic heterocycles. The van der Waals surface area contributed by atoms with Gasteiger partial charge in [-0.25, -0.2) is 0 Å². The van der Waals surface area contributed by atoms with Gasteiger partial charge < -0.3 is 19.6 Å². The highest BCUT2D eigenvalue weighted by Gasteiger charge is 2.18. The Balaban J connectivity index is 0.848. The first-order valence-electron chi connectivity index (χ1n) is 30.0. The zero-order valence-corrected chi connectivity index (χ0v) is 41.2. The van der Waals surface area contributed by atoms with Crippen LogP contribution in [0.1, 0.15) is 13.7 Å². The maximum atomic E-state index is 9.08. The second-order valence-corrected chi connectivity index (χ2v) is 17.9. The molecule has 0 aromatic heterocycles. The summed E-state index contributed by atoms with van der Waals surface area (Å²) in [6, 6.07) is 83.5. The Labute approximate surface area is 460 Å². The third-order valence-corrected chi connectivity index (χ3v) is 13.2. The predicted molar refractivity (Wildman–Crippen MR) is 321 cm³/mol. The SMILES string of the molecule is [2H]c1c([2H])c([2H])c(N(c2ccc(-c3ccc(N(c4ccccc4)c4ccccc4)cc3)cc2)c2ccc(-c3ccc(N(c4ccc(-c5ccc(N(c6ccccc6)c6ccccc6)cc5)cc4)c4c([2H])c([2H])c([2H])c([2H])c4[2H])cc3)cc2)c([2H])c1[2H]. The average Bonchev–Trinajstić information content (AvgIpc) is 1.67. The van der Waals surface area contributed by atoms with Crippen LogP contribution in [0.2, 0.25) is 0 Å². The molecule has 12 aromatic carbocycles. The minimum Gasteiger partial charge on any atom is -0.311 e. The van der Waals surface area contributed by atoms with E-state index in [1.807, 2.05) is 170 Å². The van der Waals surface area contributed by atoms with Gasteiger partial charge in [0.2, 0.25) is 0 Å². The van der Waals surface area contributed by atoms with E-state index in [0.717, 1.165) is 67.5 Å². The monoisotopic (exact) mass is 984 g/mol. The van der Waals surface area contributed by atoms with Gasteiger partial charge in [0.1, 0.15) is 0 Å². The fourth-order valence-electron chi connectivity index (χ4n) is 9.55. The van der Waals surface area contributed by atoms with Crippen LogP contribution < -0.4 is 19.6 Å². The number of hydrogen-bond acceptors (Lipinski definition) is 4. The molecule has 0 aliphatic carbocycles. The quantitative estimate of drug-likeness (QED) is 0.101. The Hall–Kier alpha value is -10.2. The number of benzene rings is 12. The van der Waals surface area contributed by atoms with Crippen molar-refractivity contribution in [3.8, 4) is 33.4 Å². The smallest absolute Gasteiger partial charge is 0.0645 e. The van der Waals surface area contributed by atoms with Gasteiger partial charge >= 0.3 is 0 Å². The Bertz CT molecular complexity index is 3930. The molecule has 0 saturated carbocycles.